The van der Waals surface area contributed by atoms with Gasteiger partial charge in [0.1, 0.15) is 5.82 Å². The minimum atomic E-state index is -4.04. The number of hydrogen-bond acceptors (Lipinski definition) is 7. The Bertz CT molecular complexity index is 761. The summed E-state index contributed by atoms with van der Waals surface area (Å²) in [5, 5.41) is 11.9. The molecule has 2 rings (SSSR count). The normalized spacial score (nSPS) is 12.2. The lowest BCUT2D eigenvalue weighted by atomic mass is 10.7. The Hall–Kier alpha value is -1.46. The zero-order valence-electron chi connectivity index (χ0n) is 9.56. The molecule has 0 spiro atoms. The van der Waals surface area contributed by atoms with Crippen molar-refractivity contribution < 1.29 is 8.42 Å². The second-order valence-corrected chi connectivity index (χ2v) is 5.77. The molecule has 18 heavy (non-hydrogen) atoms. The second kappa shape index (κ2) is 4.33. The molecule has 11 heteroatoms. The maximum atomic E-state index is 12.0. The lowest BCUT2D eigenvalue weighted by Gasteiger charge is -2.01. The third-order valence-electron chi connectivity index (χ3n) is 2.17. The number of nitrogens with zero attached hydrogens (tertiary/aromatic N) is 5. The van der Waals surface area contributed by atoms with E-state index in [0.29, 0.717) is 5.88 Å². The van der Waals surface area contributed by atoms with E-state index in [0.717, 1.165) is 9.08 Å². The van der Waals surface area contributed by atoms with Crippen molar-refractivity contribution in [2.45, 2.75) is 17.8 Å². The summed E-state index contributed by atoms with van der Waals surface area (Å²) in [5.74, 6) is 0.508. The molecule has 0 radical (unpaired) electrons. The van der Waals surface area contributed by atoms with E-state index in [1.807, 2.05) is 0 Å². The molecule has 2 N–H and O–H groups in total. The van der Waals surface area contributed by atoms with E-state index in [2.05, 4.69) is 15.3 Å². The average Bonchev–Trinajstić information content (AvgIpc) is 2.61. The van der Waals surface area contributed by atoms with Crippen molar-refractivity contribution in [3.05, 3.63) is 16.3 Å². The summed E-state index contributed by atoms with van der Waals surface area (Å²) in [4.78, 5) is 15.8. The first kappa shape index (κ1) is 13.0. The van der Waals surface area contributed by atoms with E-state index in [9.17, 15) is 13.2 Å². The standard InChI is InChI=1S/C7H10N6O3S2/c1-4-9-6(18(8,15)16)5-10-11-12(3-17-2)7(14)13(4)5/h3H2,1-2H3,(H2,8,15,16). The summed E-state index contributed by atoms with van der Waals surface area (Å²) >= 11 is 1.38. The van der Waals surface area contributed by atoms with Crippen LogP contribution < -0.4 is 10.8 Å². The van der Waals surface area contributed by atoms with Crippen molar-refractivity contribution in [1.82, 2.24) is 24.4 Å². The number of primary sulfonamides is 1. The smallest absolute Gasteiger partial charge is 0.245 e. The number of aryl methyl sites for hydroxylation is 1. The average molecular weight is 290 g/mol. The van der Waals surface area contributed by atoms with Gasteiger partial charge in [0, 0.05) is 0 Å². The van der Waals surface area contributed by atoms with Crippen LogP contribution in [-0.2, 0) is 15.9 Å². The van der Waals surface area contributed by atoms with Gasteiger partial charge >= 0.3 is 5.69 Å². The van der Waals surface area contributed by atoms with Crippen LogP contribution in [0.3, 0.4) is 0 Å². The molecule has 9 nitrogen and oxygen atoms in total. The minimum absolute atomic E-state index is 0.155. The summed E-state index contributed by atoms with van der Waals surface area (Å²) in [6, 6.07) is 0. The van der Waals surface area contributed by atoms with Crippen molar-refractivity contribution in [3.8, 4) is 0 Å². The molecule has 0 aliphatic rings. The molecule has 0 aromatic carbocycles. The number of sulfonamides is 1. The van der Waals surface area contributed by atoms with Gasteiger partial charge in [0.2, 0.25) is 10.7 Å². The first-order chi connectivity index (χ1) is 8.36. The first-order valence-corrected chi connectivity index (χ1v) is 7.65. The summed E-state index contributed by atoms with van der Waals surface area (Å²) in [6.45, 7) is 1.49. The number of rotatable bonds is 3. The predicted molar refractivity (Wildman–Crippen MR) is 64.7 cm³/mol. The molecule has 2 heterocycles. The van der Waals surface area contributed by atoms with Gasteiger partial charge in [0.15, 0.2) is 0 Å². The lowest BCUT2D eigenvalue weighted by molar-refractivity contribution is 0.587. The van der Waals surface area contributed by atoms with E-state index < -0.39 is 20.7 Å². The summed E-state index contributed by atoms with van der Waals surface area (Å²) in [7, 11) is -4.04. The van der Waals surface area contributed by atoms with Gasteiger partial charge < -0.3 is 0 Å². The van der Waals surface area contributed by atoms with Crippen LogP contribution in [0.4, 0.5) is 0 Å². The lowest BCUT2D eigenvalue weighted by Crippen LogP contribution is -2.30. The van der Waals surface area contributed by atoms with Crippen LogP contribution in [0.5, 0.6) is 0 Å². The molecule has 98 valence electrons. The van der Waals surface area contributed by atoms with Crippen LogP contribution in [0.25, 0.3) is 5.65 Å². The highest BCUT2D eigenvalue weighted by Crippen LogP contribution is 2.11. The quantitative estimate of drug-likeness (QED) is 0.733. The summed E-state index contributed by atoms with van der Waals surface area (Å²) in [5.41, 5.74) is -0.661. The predicted octanol–water partition coefficient (Wildman–Crippen LogP) is -1.44. The Morgan fingerprint density at radius 1 is 1.44 bits per heavy atom. The van der Waals surface area contributed by atoms with Gasteiger partial charge in [0.25, 0.3) is 10.0 Å². The monoisotopic (exact) mass is 290 g/mol. The van der Waals surface area contributed by atoms with Crippen molar-refractivity contribution in [3.63, 3.8) is 0 Å². The number of hydrogen-bond donors (Lipinski definition) is 1. The zero-order chi connectivity index (χ0) is 13.5. The molecule has 2 aromatic heterocycles. The van der Waals surface area contributed by atoms with Crippen molar-refractivity contribution in [1.29, 1.82) is 0 Å². The summed E-state index contributed by atoms with van der Waals surface area (Å²) < 4.78 is 24.8. The maximum absolute atomic E-state index is 12.0. The number of fused-ring (bicyclic) bond motifs is 1. The van der Waals surface area contributed by atoms with Crippen LogP contribution in [0.1, 0.15) is 5.82 Å². The van der Waals surface area contributed by atoms with E-state index in [-0.39, 0.29) is 11.5 Å². The first-order valence-electron chi connectivity index (χ1n) is 4.71. The van der Waals surface area contributed by atoms with Crippen molar-refractivity contribution in [2.75, 3.05) is 6.26 Å². The van der Waals surface area contributed by atoms with Gasteiger partial charge in [-0.1, -0.05) is 5.21 Å². The molecule has 0 saturated heterocycles. The van der Waals surface area contributed by atoms with Crippen molar-refractivity contribution >= 4 is 27.4 Å². The number of imidazole rings is 1. The maximum Gasteiger partial charge on any atom is 0.353 e. The molecule has 0 bridgehead atoms. The highest BCUT2D eigenvalue weighted by atomic mass is 32.2. The molecule has 0 fully saturated rings. The fourth-order valence-corrected chi connectivity index (χ4v) is 2.51. The van der Waals surface area contributed by atoms with Gasteiger partial charge in [-0.15, -0.1) is 16.9 Å². The number of nitrogens with two attached hydrogens (primary N) is 1. The largest absolute Gasteiger partial charge is 0.353 e. The van der Waals surface area contributed by atoms with Gasteiger partial charge in [0.05, 0.1) is 5.88 Å². The molecule has 0 unspecified atom stereocenters. The molecular weight excluding hydrogens is 280 g/mol. The Kier molecular flexibility index (Phi) is 3.12. The van der Waals surface area contributed by atoms with Gasteiger partial charge in [-0.2, -0.15) is 4.68 Å². The van der Waals surface area contributed by atoms with Crippen LogP contribution in [0.2, 0.25) is 0 Å². The number of thioether (sulfide) groups is 1. The molecule has 0 atom stereocenters. The van der Waals surface area contributed by atoms with E-state index in [1.54, 1.807) is 6.26 Å². The Morgan fingerprint density at radius 2 is 2.11 bits per heavy atom. The summed E-state index contributed by atoms with van der Waals surface area (Å²) in [6.07, 6.45) is 1.80. The minimum Gasteiger partial charge on any atom is -0.245 e. The molecule has 0 saturated carbocycles. The fourth-order valence-electron chi connectivity index (χ4n) is 1.46. The zero-order valence-corrected chi connectivity index (χ0v) is 11.2. The van der Waals surface area contributed by atoms with Crippen LogP contribution in [0, 0.1) is 6.92 Å². The fraction of sp³-hybridized carbons (Fsp3) is 0.429. The SMILES string of the molecule is CSCn1nnc2c(S(N)(=O)=O)nc(C)n2c1=O. The number of aromatic nitrogens is 5. The van der Waals surface area contributed by atoms with Gasteiger partial charge in [-0.05, 0) is 13.2 Å². The molecule has 0 aliphatic carbocycles. The van der Waals surface area contributed by atoms with E-state index in [1.165, 1.54) is 18.7 Å². The van der Waals surface area contributed by atoms with Crippen molar-refractivity contribution in [2.24, 2.45) is 5.14 Å². The van der Waals surface area contributed by atoms with E-state index >= 15 is 0 Å². The third kappa shape index (κ3) is 2.00. The highest BCUT2D eigenvalue weighted by Gasteiger charge is 2.22. The van der Waals surface area contributed by atoms with Crippen LogP contribution in [0.15, 0.2) is 9.82 Å². The Labute approximate surface area is 106 Å². The Morgan fingerprint density at radius 3 is 2.67 bits per heavy atom. The molecule has 0 amide bonds. The third-order valence-corrected chi connectivity index (χ3v) is 3.49. The van der Waals surface area contributed by atoms with Crippen LogP contribution in [-0.4, -0.2) is 39.1 Å². The Balaban J connectivity index is 2.86. The molecule has 0 aliphatic heterocycles. The highest BCUT2D eigenvalue weighted by molar-refractivity contribution is 7.97. The van der Waals surface area contributed by atoms with Gasteiger partial charge in [-0.3, -0.25) is 0 Å². The van der Waals surface area contributed by atoms with E-state index in [4.69, 9.17) is 5.14 Å². The molecular formula is C7H10N6O3S2. The topological polar surface area (TPSA) is 125 Å². The molecule has 2 aromatic rings. The van der Waals surface area contributed by atoms with Crippen LogP contribution >= 0.6 is 11.8 Å². The van der Waals surface area contributed by atoms with Gasteiger partial charge in [-0.25, -0.2) is 27.7 Å². The second-order valence-electron chi connectivity index (χ2n) is 3.46.